The quantitative estimate of drug-likeness (QED) is 0.401. The van der Waals surface area contributed by atoms with Crippen LogP contribution in [-0.4, -0.2) is 10.2 Å². The Labute approximate surface area is 202 Å². The topological polar surface area (TPSA) is 0 Å². The molecule has 0 saturated carbocycles. The van der Waals surface area contributed by atoms with Gasteiger partial charge >= 0.3 is 26.2 Å². The predicted octanol–water partition coefficient (Wildman–Crippen LogP) is -0.254. The van der Waals surface area contributed by atoms with Crippen LogP contribution >= 0.6 is 0 Å². The van der Waals surface area contributed by atoms with Crippen LogP contribution in [0, 0.1) is 19.1 Å². The molecule has 0 atom stereocenters. The molecule has 143 valence electrons. The van der Waals surface area contributed by atoms with E-state index in [1.807, 2.05) is 30.4 Å². The molecular formula is C23H29Cl2SiZr. The van der Waals surface area contributed by atoms with Crippen LogP contribution in [0.5, 0.6) is 0 Å². The standard InChI is InChI=1S/C11H17.C7H7Si.C5H5.2ClH.Zr/c1-4-9-7-8-10(5-2)11(9)6-3;1-6-4-2-3-5-7(6)8;1-2-4-5-3-1;;;/h4-7H2,1-3H3;2-5H,1H3;1-3H,4H2;2*1H;/q-1;;-1;;;+4/p-2. The first-order valence-electron chi connectivity index (χ1n) is 8.93. The van der Waals surface area contributed by atoms with Gasteiger partial charge in [-0.1, -0.05) is 75.0 Å². The number of aryl methyl sites for hydroxylation is 1. The molecule has 0 aliphatic heterocycles. The largest absolute Gasteiger partial charge is 4.00 e. The van der Waals surface area contributed by atoms with Crippen molar-refractivity contribution in [3.8, 4) is 0 Å². The van der Waals surface area contributed by atoms with Crippen molar-refractivity contribution in [1.29, 1.82) is 0 Å². The Balaban J connectivity index is -0.000000321. The minimum absolute atomic E-state index is 0. The van der Waals surface area contributed by atoms with Crippen LogP contribution in [0.4, 0.5) is 0 Å². The van der Waals surface area contributed by atoms with E-state index in [0.29, 0.717) is 0 Å². The number of hydrogen-bond acceptors (Lipinski definition) is 0. The van der Waals surface area contributed by atoms with Gasteiger partial charge in [-0.25, -0.2) is 17.7 Å². The zero-order valence-electron chi connectivity index (χ0n) is 16.8. The van der Waals surface area contributed by atoms with E-state index in [2.05, 4.69) is 62.2 Å². The zero-order chi connectivity index (χ0) is 17.8. The number of halogens is 2. The molecule has 0 unspecified atom stereocenters. The summed E-state index contributed by atoms with van der Waals surface area (Å²) in [4.78, 5) is 0. The van der Waals surface area contributed by atoms with Crippen LogP contribution in [0.2, 0.25) is 0 Å². The zero-order valence-corrected chi connectivity index (χ0v) is 21.8. The van der Waals surface area contributed by atoms with E-state index in [-0.39, 0.29) is 51.0 Å². The average molecular weight is 496 g/mol. The maximum absolute atomic E-state index is 3.45. The van der Waals surface area contributed by atoms with Crippen LogP contribution in [0.15, 0.2) is 59.2 Å². The van der Waals surface area contributed by atoms with Gasteiger partial charge in [0.2, 0.25) is 0 Å². The maximum atomic E-state index is 3.45. The summed E-state index contributed by atoms with van der Waals surface area (Å²) in [5, 5.41) is 1.17. The van der Waals surface area contributed by atoms with Crippen molar-refractivity contribution in [1.82, 2.24) is 0 Å². The average Bonchev–Trinajstić information content (AvgIpc) is 3.30. The van der Waals surface area contributed by atoms with Crippen molar-refractivity contribution in [2.45, 2.75) is 59.8 Å². The summed E-state index contributed by atoms with van der Waals surface area (Å²) in [6.45, 7) is 8.78. The first-order chi connectivity index (χ1) is 11.6. The Bertz CT molecular complexity index is 600. The van der Waals surface area contributed by atoms with Crippen LogP contribution in [0.1, 0.15) is 58.4 Å². The first kappa shape index (κ1) is 31.6. The van der Waals surface area contributed by atoms with Crippen LogP contribution < -0.4 is 30.0 Å². The minimum Gasteiger partial charge on any atom is -1.00 e. The predicted molar refractivity (Wildman–Crippen MR) is 107 cm³/mol. The molecular weight excluding hydrogens is 466 g/mol. The first-order valence-corrected chi connectivity index (χ1v) is 9.43. The van der Waals surface area contributed by atoms with E-state index in [4.69, 9.17) is 0 Å². The van der Waals surface area contributed by atoms with Crippen LogP contribution in [0.25, 0.3) is 0 Å². The molecule has 3 radical (unpaired) electrons. The van der Waals surface area contributed by atoms with Crippen molar-refractivity contribution in [2.24, 2.45) is 0 Å². The Morgan fingerprint density at radius 2 is 1.67 bits per heavy atom. The van der Waals surface area contributed by atoms with Gasteiger partial charge in [-0.2, -0.15) is 17.2 Å². The Kier molecular flexibility index (Phi) is 22.4. The smallest absolute Gasteiger partial charge is 1.00 e. The van der Waals surface area contributed by atoms with Gasteiger partial charge < -0.3 is 24.8 Å². The number of benzene rings is 1. The molecule has 0 amide bonds. The van der Waals surface area contributed by atoms with Crippen molar-refractivity contribution < 1.29 is 51.0 Å². The van der Waals surface area contributed by atoms with Gasteiger partial charge in [0.25, 0.3) is 0 Å². The van der Waals surface area contributed by atoms with Gasteiger partial charge in [0.1, 0.15) is 0 Å². The fraction of sp³-hybridized carbons (Fsp3) is 0.391. The molecule has 0 fully saturated rings. The fourth-order valence-corrected chi connectivity index (χ4v) is 2.87. The second-order valence-corrected chi connectivity index (χ2v) is 6.33. The number of hydrogen-bond donors (Lipinski definition) is 0. The molecule has 0 N–H and O–H groups in total. The Hall–Kier alpha value is -0.140. The van der Waals surface area contributed by atoms with Crippen molar-refractivity contribution in [2.75, 3.05) is 0 Å². The third-order valence-corrected chi connectivity index (χ3v) is 4.73. The van der Waals surface area contributed by atoms with Crippen LogP contribution in [0.3, 0.4) is 0 Å². The van der Waals surface area contributed by atoms with E-state index < -0.39 is 0 Å². The van der Waals surface area contributed by atoms with Gasteiger partial charge in [0.05, 0.1) is 10.2 Å². The van der Waals surface area contributed by atoms with E-state index >= 15 is 0 Å². The van der Waals surface area contributed by atoms with E-state index in [1.165, 1.54) is 29.2 Å². The normalized spacial score (nSPS) is 13.1. The third kappa shape index (κ3) is 12.1. The monoisotopic (exact) mass is 493 g/mol. The third-order valence-electron chi connectivity index (χ3n) is 4.17. The molecule has 0 bridgehead atoms. The molecule has 1 aromatic carbocycles. The van der Waals surface area contributed by atoms with E-state index in [9.17, 15) is 0 Å². The summed E-state index contributed by atoms with van der Waals surface area (Å²) in [5.74, 6) is 0. The summed E-state index contributed by atoms with van der Waals surface area (Å²) in [6, 6.07) is 8.14. The SMILES string of the molecule is CCC1=[C-]CC(CC)=C1CC.Cc1ccccc1[Si].[C-]1=CC=CC1.[Cl-].[Cl-].[Zr+4]. The van der Waals surface area contributed by atoms with Gasteiger partial charge in [-0.3, -0.25) is 12.2 Å². The maximum Gasteiger partial charge on any atom is 4.00 e. The number of rotatable bonds is 3. The molecule has 1 aromatic rings. The summed E-state index contributed by atoms with van der Waals surface area (Å²) in [5.41, 5.74) is 5.97. The molecule has 0 saturated heterocycles. The van der Waals surface area contributed by atoms with Gasteiger partial charge in [-0.15, -0.1) is 12.8 Å². The molecule has 3 rings (SSSR count). The molecule has 4 heteroatoms. The summed E-state index contributed by atoms with van der Waals surface area (Å²) >= 11 is 0. The molecule has 2 aliphatic rings. The van der Waals surface area contributed by atoms with Gasteiger partial charge in [-0.05, 0) is 6.92 Å². The minimum atomic E-state index is 0. The molecule has 27 heavy (non-hydrogen) atoms. The number of allylic oxidation sites excluding steroid dienone is 8. The van der Waals surface area contributed by atoms with Gasteiger partial charge in [0.15, 0.2) is 0 Å². The fourth-order valence-electron chi connectivity index (χ4n) is 2.69. The summed E-state index contributed by atoms with van der Waals surface area (Å²) in [6.07, 6.45) is 18.1. The molecule has 0 heterocycles. The second-order valence-electron chi connectivity index (χ2n) is 5.79. The molecule has 0 aromatic heterocycles. The van der Waals surface area contributed by atoms with Crippen molar-refractivity contribution >= 4 is 15.4 Å². The Morgan fingerprint density at radius 3 is 2.00 bits per heavy atom. The van der Waals surface area contributed by atoms with E-state index in [0.717, 1.165) is 19.3 Å². The van der Waals surface area contributed by atoms with Crippen molar-refractivity contribution in [3.63, 3.8) is 0 Å². The Morgan fingerprint density at radius 1 is 1.00 bits per heavy atom. The van der Waals surface area contributed by atoms with Crippen molar-refractivity contribution in [3.05, 3.63) is 76.9 Å². The summed E-state index contributed by atoms with van der Waals surface area (Å²) < 4.78 is 0. The molecule has 0 spiro atoms. The van der Waals surface area contributed by atoms with E-state index in [1.54, 1.807) is 11.1 Å². The molecule has 2 aliphatic carbocycles. The molecule has 0 nitrogen and oxygen atoms in total. The second kappa shape index (κ2) is 19.2. The summed E-state index contributed by atoms with van der Waals surface area (Å²) in [7, 11) is 3.44. The van der Waals surface area contributed by atoms with Gasteiger partial charge in [0, 0.05) is 0 Å². The van der Waals surface area contributed by atoms with Crippen LogP contribution in [-0.2, 0) is 26.2 Å².